The average Bonchev–Trinajstić information content (AvgIpc) is 2.27. The quantitative estimate of drug-likeness (QED) is 0.839. The van der Waals surface area contributed by atoms with Gasteiger partial charge in [-0.2, -0.15) is 8.42 Å². The lowest BCUT2D eigenvalue weighted by molar-refractivity contribution is 0.476. The van der Waals surface area contributed by atoms with E-state index in [9.17, 15) is 20.7 Å². The van der Waals surface area contributed by atoms with E-state index >= 15 is 0 Å². The van der Waals surface area contributed by atoms with Crippen molar-refractivity contribution in [1.29, 1.82) is 0 Å². The van der Waals surface area contributed by atoms with Gasteiger partial charge in [0, 0.05) is 6.04 Å². The number of hydrogen-bond acceptors (Lipinski definition) is 4. The summed E-state index contributed by atoms with van der Waals surface area (Å²) >= 11 is 0. The molecule has 8 heteroatoms. The molecule has 0 amide bonds. The summed E-state index contributed by atoms with van der Waals surface area (Å²) < 4.78 is 60.8. The topological polar surface area (TPSA) is 80.3 Å². The van der Waals surface area contributed by atoms with Crippen LogP contribution in [0.1, 0.15) is 20.8 Å². The first kappa shape index (κ1) is 16.1. The van der Waals surface area contributed by atoms with Gasteiger partial charge in [0.25, 0.3) is 0 Å². The van der Waals surface area contributed by atoms with E-state index in [1.165, 1.54) is 12.1 Å². The first-order valence-corrected chi connectivity index (χ1v) is 8.48. The third-order valence-electron chi connectivity index (χ3n) is 2.74. The van der Waals surface area contributed by atoms with Crippen molar-refractivity contribution < 1.29 is 20.7 Å². The Kier molecular flexibility index (Phi) is 4.70. The van der Waals surface area contributed by atoms with Crippen molar-refractivity contribution in [3.63, 3.8) is 0 Å². The minimum atomic E-state index is -4.92. The van der Waals surface area contributed by atoms with Gasteiger partial charge in [-0.25, -0.2) is 13.1 Å². The Morgan fingerprint density at radius 1 is 1.05 bits per heavy atom. The van der Waals surface area contributed by atoms with Gasteiger partial charge in [-0.3, -0.25) is 0 Å². The molecule has 0 bridgehead atoms. The predicted octanol–water partition coefficient (Wildman–Crippen LogP) is 1.67. The van der Waals surface area contributed by atoms with Gasteiger partial charge in [0.05, 0.1) is 9.79 Å². The lowest BCUT2D eigenvalue weighted by Gasteiger charge is -2.17. The Morgan fingerprint density at radius 3 is 2.05 bits per heavy atom. The third-order valence-corrected chi connectivity index (χ3v) is 5.11. The van der Waals surface area contributed by atoms with Gasteiger partial charge < -0.3 is 0 Å². The molecule has 1 aromatic rings. The van der Waals surface area contributed by atoms with Gasteiger partial charge in [0.15, 0.2) is 0 Å². The molecule has 108 valence electrons. The molecule has 0 aliphatic rings. The summed E-state index contributed by atoms with van der Waals surface area (Å²) in [6, 6.07) is 3.87. The van der Waals surface area contributed by atoms with E-state index in [4.69, 9.17) is 0 Å². The highest BCUT2D eigenvalue weighted by molar-refractivity contribution is 7.89. The van der Waals surface area contributed by atoms with Crippen molar-refractivity contribution in [3.8, 4) is 0 Å². The van der Waals surface area contributed by atoms with Crippen LogP contribution in [-0.4, -0.2) is 22.9 Å². The van der Waals surface area contributed by atoms with Crippen molar-refractivity contribution >= 4 is 20.2 Å². The van der Waals surface area contributed by atoms with Crippen LogP contribution in [0.3, 0.4) is 0 Å². The van der Waals surface area contributed by atoms with E-state index in [2.05, 4.69) is 4.72 Å². The van der Waals surface area contributed by atoms with Crippen LogP contribution < -0.4 is 4.72 Å². The molecule has 0 spiro atoms. The molecule has 1 atom stereocenters. The highest BCUT2D eigenvalue weighted by Crippen LogP contribution is 2.18. The normalized spacial score (nSPS) is 14.6. The zero-order valence-corrected chi connectivity index (χ0v) is 12.4. The maximum Gasteiger partial charge on any atom is 0.332 e. The van der Waals surface area contributed by atoms with Crippen molar-refractivity contribution in [2.75, 3.05) is 0 Å². The molecule has 1 rings (SSSR count). The van der Waals surface area contributed by atoms with Crippen LogP contribution in [0.2, 0.25) is 0 Å². The monoisotopic (exact) mass is 309 g/mol. The Labute approximate surface area is 113 Å². The lowest BCUT2D eigenvalue weighted by atomic mass is 10.1. The molecule has 0 saturated heterocycles. The molecule has 0 heterocycles. The molecule has 19 heavy (non-hydrogen) atoms. The van der Waals surface area contributed by atoms with Crippen molar-refractivity contribution in [2.45, 2.75) is 36.6 Å². The predicted molar refractivity (Wildman–Crippen MR) is 69.4 cm³/mol. The second kappa shape index (κ2) is 5.56. The fraction of sp³-hybridized carbons (Fsp3) is 0.455. The van der Waals surface area contributed by atoms with Gasteiger partial charge in [-0.1, -0.05) is 19.9 Å². The molecule has 1 unspecified atom stereocenters. The van der Waals surface area contributed by atoms with E-state index in [-0.39, 0.29) is 16.9 Å². The molecule has 0 radical (unpaired) electrons. The molecule has 0 saturated carbocycles. The van der Waals surface area contributed by atoms with E-state index < -0.39 is 25.1 Å². The third kappa shape index (κ3) is 4.26. The largest absolute Gasteiger partial charge is 0.332 e. The summed E-state index contributed by atoms with van der Waals surface area (Å²) in [6.07, 6.45) is 0. The van der Waals surface area contributed by atoms with Crippen LogP contribution in [-0.2, 0) is 20.2 Å². The number of rotatable bonds is 5. The molecule has 0 aromatic heterocycles. The summed E-state index contributed by atoms with van der Waals surface area (Å²) in [5.74, 6) is 0.0721. The van der Waals surface area contributed by atoms with Gasteiger partial charge in [0.2, 0.25) is 10.0 Å². The summed E-state index contributed by atoms with van der Waals surface area (Å²) in [4.78, 5) is -0.952. The van der Waals surface area contributed by atoms with Crippen LogP contribution in [0, 0.1) is 5.92 Å². The van der Waals surface area contributed by atoms with Gasteiger partial charge in [-0.05, 0) is 31.0 Å². The fourth-order valence-corrected chi connectivity index (χ4v) is 3.26. The van der Waals surface area contributed by atoms with E-state index in [1.54, 1.807) is 6.92 Å². The molecule has 5 nitrogen and oxygen atoms in total. The number of halogens is 1. The summed E-state index contributed by atoms with van der Waals surface area (Å²) in [5.41, 5.74) is 0. The minimum absolute atomic E-state index is 0.0721. The smallest absolute Gasteiger partial charge is 0.208 e. The second-order valence-electron chi connectivity index (χ2n) is 4.57. The highest BCUT2D eigenvalue weighted by Gasteiger charge is 2.21. The van der Waals surface area contributed by atoms with Crippen LogP contribution in [0.25, 0.3) is 0 Å². The van der Waals surface area contributed by atoms with Gasteiger partial charge >= 0.3 is 10.2 Å². The van der Waals surface area contributed by atoms with E-state index in [0.717, 1.165) is 12.1 Å². The number of nitrogens with one attached hydrogen (secondary N) is 1. The zero-order valence-electron chi connectivity index (χ0n) is 10.8. The lowest BCUT2D eigenvalue weighted by Crippen LogP contribution is -2.36. The maximum absolute atomic E-state index is 12.8. The first-order valence-electron chi connectivity index (χ1n) is 5.61. The highest BCUT2D eigenvalue weighted by atomic mass is 32.3. The van der Waals surface area contributed by atoms with Gasteiger partial charge in [0.1, 0.15) is 0 Å². The second-order valence-corrected chi connectivity index (χ2v) is 7.63. The zero-order chi connectivity index (χ0) is 14.8. The molecule has 0 aliphatic carbocycles. The molecular weight excluding hydrogens is 293 g/mol. The van der Waals surface area contributed by atoms with Crippen LogP contribution >= 0.6 is 0 Å². The Morgan fingerprint density at radius 2 is 1.58 bits per heavy atom. The Bertz CT molecular complexity index is 653. The van der Waals surface area contributed by atoms with Crippen molar-refractivity contribution in [1.82, 2.24) is 4.72 Å². The molecule has 0 aliphatic heterocycles. The van der Waals surface area contributed by atoms with Gasteiger partial charge in [-0.15, -0.1) is 3.89 Å². The van der Waals surface area contributed by atoms with E-state index in [1.807, 2.05) is 13.8 Å². The maximum atomic E-state index is 12.8. The molecule has 1 aromatic carbocycles. The Hall–Kier alpha value is -0.990. The van der Waals surface area contributed by atoms with Crippen LogP contribution in [0.5, 0.6) is 0 Å². The number of sulfonamides is 1. The standard InChI is InChI=1S/C11H16FNO4S2/c1-8(2)9(3)13-19(16,17)11-6-4-5-10(7-11)18(12,14)15/h4-9,13H,1-3H3. The number of benzene rings is 1. The SMILES string of the molecule is CC(C)C(C)NS(=O)(=O)c1cccc(S(=O)(=O)F)c1. The molecular formula is C11H16FNO4S2. The van der Waals surface area contributed by atoms with E-state index in [0.29, 0.717) is 0 Å². The molecule has 0 fully saturated rings. The minimum Gasteiger partial charge on any atom is -0.208 e. The summed E-state index contributed by atoms with van der Waals surface area (Å²) in [7, 11) is -8.79. The average molecular weight is 309 g/mol. The van der Waals surface area contributed by atoms with Crippen LogP contribution in [0.4, 0.5) is 3.89 Å². The summed E-state index contributed by atoms with van der Waals surface area (Å²) in [5, 5.41) is 0. The number of hydrogen-bond donors (Lipinski definition) is 1. The first-order chi connectivity index (χ1) is 8.54. The molecule has 1 N–H and O–H groups in total. The fourth-order valence-electron chi connectivity index (χ4n) is 1.24. The van der Waals surface area contributed by atoms with Crippen molar-refractivity contribution in [2.24, 2.45) is 5.92 Å². The van der Waals surface area contributed by atoms with Crippen molar-refractivity contribution in [3.05, 3.63) is 24.3 Å². The summed E-state index contributed by atoms with van der Waals surface area (Å²) in [6.45, 7) is 5.38. The Balaban J connectivity index is 3.16. The van der Waals surface area contributed by atoms with Crippen LogP contribution in [0.15, 0.2) is 34.1 Å².